The molecular weight excluding hydrogens is 925 g/mol. The van der Waals surface area contributed by atoms with Crippen LogP contribution in [0.3, 0.4) is 0 Å². The number of piperidine rings is 1. The van der Waals surface area contributed by atoms with Crippen molar-refractivity contribution in [3.05, 3.63) is 90.2 Å². The normalized spacial score (nSPS) is 22.9. The molecular formula is C55H68N12O6. The Morgan fingerprint density at radius 1 is 0.986 bits per heavy atom. The van der Waals surface area contributed by atoms with Gasteiger partial charge in [-0.05, 0) is 106 Å². The first-order valence-electron chi connectivity index (χ1n) is 26.0. The predicted molar refractivity (Wildman–Crippen MR) is 282 cm³/mol. The average molecular weight is 993 g/mol. The van der Waals surface area contributed by atoms with E-state index in [9.17, 15) is 14.7 Å². The molecule has 0 saturated carbocycles. The van der Waals surface area contributed by atoms with Gasteiger partial charge in [-0.2, -0.15) is 0 Å². The smallest absolute Gasteiger partial charge is 0.276 e. The summed E-state index contributed by atoms with van der Waals surface area (Å²) < 4.78 is 19.7. The zero-order valence-corrected chi connectivity index (χ0v) is 42.7. The minimum atomic E-state index is -0.372. The number of aliphatic hydroxyl groups is 1. The Bertz CT molecular complexity index is 2920. The lowest BCUT2D eigenvalue weighted by molar-refractivity contribution is -0.111. The van der Waals surface area contributed by atoms with Crippen molar-refractivity contribution in [3.63, 3.8) is 0 Å². The summed E-state index contributed by atoms with van der Waals surface area (Å²) in [7, 11) is 1.53. The van der Waals surface area contributed by atoms with E-state index in [-0.39, 0.29) is 41.8 Å². The van der Waals surface area contributed by atoms with E-state index in [1.54, 1.807) is 23.4 Å². The summed E-state index contributed by atoms with van der Waals surface area (Å²) in [5.41, 5.74) is 8.11. The monoisotopic (exact) mass is 993 g/mol. The standard InChI is InChI=1S/C55H68N12O6/c1-7-49(69)60-42-24-37(59-51-53(71-6)58-29-43(61-51)40-10-14-56-52(41(40)31-68)67-19-18-66-46(54(67)70)23-36-26-55(4,5)27-47(36)66)8-9-45(42)65-17-16-63(30-34(65)3)38-11-15-64(33(2)22-38)39-25-48-50(57-28-39)62-44(32-73-48)35-12-20-72-21-13-35/h7-10,14,23-25,28-29,33-35,38,44,68H,1,11-13,15-22,26-27,30-32H2,2-6H3,(H,57,62)(H,59,61)(H,60,69)/t33-,34-,38?,44+/m0/s1. The maximum atomic E-state index is 14.1. The van der Waals surface area contributed by atoms with Crippen molar-refractivity contribution in [3.8, 4) is 22.9 Å². The number of aromatic nitrogens is 5. The zero-order chi connectivity index (χ0) is 50.5. The number of nitrogens with zero attached hydrogens (tertiary/aromatic N) is 9. The molecule has 4 N–H and O–H groups in total. The molecule has 4 atom stereocenters. The van der Waals surface area contributed by atoms with Gasteiger partial charge >= 0.3 is 0 Å². The van der Waals surface area contributed by atoms with Crippen LogP contribution < -0.4 is 40.1 Å². The molecule has 5 aliphatic heterocycles. The minimum absolute atomic E-state index is 0.140. The second-order valence-electron chi connectivity index (χ2n) is 21.4. The number of piperazine rings is 1. The number of carbonyl (C=O) groups excluding carboxylic acids is 2. The van der Waals surface area contributed by atoms with E-state index in [0.717, 1.165) is 101 Å². The molecule has 73 heavy (non-hydrogen) atoms. The van der Waals surface area contributed by atoms with Crippen LogP contribution in [0, 0.1) is 11.3 Å². The van der Waals surface area contributed by atoms with Crippen LogP contribution in [-0.2, 0) is 35.5 Å². The number of fused-ring (bicyclic) bond motifs is 4. The number of pyridine rings is 2. The SMILES string of the molecule is C=CC(=O)Nc1cc(Nc2nc(-c3ccnc(N4CCn5c(cc6c5CC(C)(C)C6)C4=O)c3CO)cnc2OC)ccc1N1CCN(C2CCN(c3cnc4c(c3)OC[C@H](C3CCOCC3)N4)[C@@H](C)C2)C[C@@H]1C. The van der Waals surface area contributed by atoms with Gasteiger partial charge < -0.3 is 49.6 Å². The van der Waals surface area contributed by atoms with E-state index in [2.05, 4.69) is 85.5 Å². The summed E-state index contributed by atoms with van der Waals surface area (Å²) in [6, 6.07) is 13.0. The van der Waals surface area contributed by atoms with Crippen molar-refractivity contribution in [2.24, 2.45) is 11.3 Å². The predicted octanol–water partition coefficient (Wildman–Crippen LogP) is 7.06. The highest BCUT2D eigenvalue weighted by Crippen LogP contribution is 2.42. The van der Waals surface area contributed by atoms with Crippen molar-refractivity contribution in [1.29, 1.82) is 0 Å². The fourth-order valence-corrected chi connectivity index (χ4v) is 12.4. The number of ether oxygens (including phenoxy) is 3. The van der Waals surface area contributed by atoms with Crippen LogP contribution in [-0.4, -0.2) is 130 Å². The molecule has 18 nitrogen and oxygen atoms in total. The first kappa shape index (κ1) is 48.5. The Morgan fingerprint density at radius 3 is 2.62 bits per heavy atom. The Labute approximate surface area is 427 Å². The largest absolute Gasteiger partial charge is 0.487 e. The van der Waals surface area contributed by atoms with Gasteiger partial charge in [0.05, 0.1) is 54.9 Å². The van der Waals surface area contributed by atoms with Crippen molar-refractivity contribution >= 4 is 52.0 Å². The molecule has 1 unspecified atom stereocenters. The lowest BCUT2D eigenvalue weighted by atomic mass is 9.90. The number of amides is 2. The van der Waals surface area contributed by atoms with Gasteiger partial charge in [-0.1, -0.05) is 20.4 Å². The van der Waals surface area contributed by atoms with Crippen LogP contribution in [0.4, 0.5) is 40.2 Å². The fraction of sp³-hybridized carbons (Fsp3) is 0.491. The third kappa shape index (κ3) is 9.44. The highest BCUT2D eigenvalue weighted by Gasteiger charge is 2.39. The van der Waals surface area contributed by atoms with E-state index in [1.807, 2.05) is 30.5 Å². The second kappa shape index (κ2) is 19.9. The minimum Gasteiger partial charge on any atom is -0.487 e. The number of rotatable bonds is 12. The van der Waals surface area contributed by atoms with Crippen LogP contribution >= 0.6 is 0 Å². The first-order valence-corrected chi connectivity index (χ1v) is 26.0. The van der Waals surface area contributed by atoms with Gasteiger partial charge in [-0.15, -0.1) is 0 Å². The van der Waals surface area contributed by atoms with Gasteiger partial charge in [0, 0.05) is 105 Å². The van der Waals surface area contributed by atoms with Gasteiger partial charge in [0.1, 0.15) is 18.1 Å². The van der Waals surface area contributed by atoms with Gasteiger partial charge in [0.15, 0.2) is 17.4 Å². The molecule has 1 aromatic carbocycles. The molecule has 11 rings (SSSR count). The summed E-state index contributed by atoms with van der Waals surface area (Å²) in [6.45, 7) is 19.3. The zero-order valence-electron chi connectivity index (χ0n) is 42.7. The van der Waals surface area contributed by atoms with Gasteiger partial charge in [-0.3, -0.25) is 19.4 Å². The number of aliphatic hydroxyl groups excluding tert-OH is 1. The molecule has 0 spiro atoms. The lowest BCUT2D eigenvalue weighted by Gasteiger charge is -2.48. The van der Waals surface area contributed by atoms with E-state index in [0.29, 0.717) is 83.2 Å². The Morgan fingerprint density at radius 2 is 1.84 bits per heavy atom. The van der Waals surface area contributed by atoms with Crippen LogP contribution in [0.15, 0.2) is 67.6 Å². The van der Waals surface area contributed by atoms with Crippen molar-refractivity contribution in [2.75, 3.05) is 90.3 Å². The van der Waals surface area contributed by atoms with Crippen LogP contribution in [0.5, 0.6) is 11.6 Å². The molecule has 5 aromatic rings. The van der Waals surface area contributed by atoms with Crippen LogP contribution in [0.2, 0.25) is 0 Å². The summed E-state index contributed by atoms with van der Waals surface area (Å²) in [6.07, 6.45) is 12.6. The summed E-state index contributed by atoms with van der Waals surface area (Å²) >= 11 is 0. The summed E-state index contributed by atoms with van der Waals surface area (Å²) in [4.78, 5) is 55.3. The molecule has 0 bridgehead atoms. The molecule has 384 valence electrons. The summed E-state index contributed by atoms with van der Waals surface area (Å²) in [5.74, 6) is 2.72. The lowest BCUT2D eigenvalue weighted by Crippen LogP contribution is -2.58. The quantitative estimate of drug-likeness (QED) is 0.0931. The Balaban J connectivity index is 0.768. The number of hydrogen-bond donors (Lipinski definition) is 4. The topological polar surface area (TPSA) is 188 Å². The maximum Gasteiger partial charge on any atom is 0.276 e. The summed E-state index contributed by atoms with van der Waals surface area (Å²) in [5, 5.41) is 21.0. The molecule has 4 aromatic heterocycles. The third-order valence-corrected chi connectivity index (χ3v) is 16.1. The number of carbonyl (C=O) groups is 2. The van der Waals surface area contributed by atoms with Crippen LogP contribution in [0.1, 0.15) is 80.7 Å². The molecule has 3 fully saturated rings. The Hall–Kier alpha value is -6.76. The van der Waals surface area contributed by atoms with Gasteiger partial charge in [0.25, 0.3) is 11.8 Å². The van der Waals surface area contributed by atoms with E-state index < -0.39 is 0 Å². The molecule has 1 aliphatic carbocycles. The number of benzene rings is 1. The maximum absolute atomic E-state index is 14.1. The van der Waals surface area contributed by atoms with Crippen molar-refractivity contribution in [1.82, 2.24) is 29.4 Å². The molecule has 3 saturated heterocycles. The third-order valence-electron chi connectivity index (χ3n) is 16.1. The number of hydrogen-bond acceptors (Lipinski definition) is 15. The highest BCUT2D eigenvalue weighted by atomic mass is 16.5. The van der Waals surface area contributed by atoms with Crippen molar-refractivity contribution < 1.29 is 28.9 Å². The number of nitrogens with one attached hydrogen (secondary N) is 3. The van der Waals surface area contributed by atoms with E-state index in [4.69, 9.17) is 24.2 Å². The van der Waals surface area contributed by atoms with E-state index >= 15 is 0 Å². The molecule has 9 heterocycles. The van der Waals surface area contributed by atoms with Crippen LogP contribution in [0.25, 0.3) is 11.3 Å². The fourth-order valence-electron chi connectivity index (χ4n) is 12.4. The first-order chi connectivity index (χ1) is 35.4. The highest BCUT2D eigenvalue weighted by molar-refractivity contribution is 6.06. The number of methoxy groups -OCH3 is 1. The second-order valence-corrected chi connectivity index (χ2v) is 21.4. The molecule has 18 heteroatoms. The molecule has 0 radical (unpaired) electrons. The molecule has 2 amide bonds. The van der Waals surface area contributed by atoms with Crippen molar-refractivity contribution in [2.45, 2.75) is 104 Å². The number of anilines is 7. The van der Waals surface area contributed by atoms with Gasteiger partial charge in [0.2, 0.25) is 5.91 Å². The average Bonchev–Trinajstić information content (AvgIpc) is 3.90. The van der Waals surface area contributed by atoms with E-state index in [1.165, 1.54) is 24.4 Å². The molecule has 6 aliphatic rings. The van der Waals surface area contributed by atoms with Gasteiger partial charge in [-0.25, -0.2) is 19.9 Å². The Kier molecular flexibility index (Phi) is 13.2.